The fraction of sp³-hybridized carbons (Fsp3) is 0.636. The minimum absolute atomic E-state index is 0.550. The average molecular weight is 286 g/mol. The van der Waals surface area contributed by atoms with Gasteiger partial charge in [0, 0.05) is 18.5 Å². The highest BCUT2D eigenvalue weighted by Gasteiger charge is 2.27. The van der Waals surface area contributed by atoms with Crippen LogP contribution in [0.4, 0.5) is 0 Å². The lowest BCUT2D eigenvalue weighted by Gasteiger charge is -2.11. The van der Waals surface area contributed by atoms with Gasteiger partial charge in [0.05, 0.1) is 0 Å². The van der Waals surface area contributed by atoms with E-state index in [0.29, 0.717) is 18.4 Å². The van der Waals surface area contributed by atoms with Crippen LogP contribution >= 0.6 is 15.9 Å². The van der Waals surface area contributed by atoms with Crippen LogP contribution in [0.1, 0.15) is 24.6 Å². The summed E-state index contributed by atoms with van der Waals surface area (Å²) < 4.78 is 6.40. The molecule has 1 aromatic heterocycles. The molecule has 1 fully saturated rings. The monoisotopic (exact) mass is 285 g/mol. The maximum atomic E-state index is 5.59. The van der Waals surface area contributed by atoms with E-state index < -0.39 is 0 Å². The van der Waals surface area contributed by atoms with Crippen LogP contribution in [0.2, 0.25) is 0 Å². The molecule has 0 unspecified atom stereocenters. The van der Waals surface area contributed by atoms with Crippen molar-refractivity contribution < 1.29 is 4.74 Å². The van der Waals surface area contributed by atoms with Crippen LogP contribution in [0.25, 0.3) is 0 Å². The number of likely N-dealkylation sites (N-methyl/N-ethyl adjacent to an activating group) is 1. The summed E-state index contributed by atoms with van der Waals surface area (Å²) in [6, 6.07) is 1.82. The zero-order valence-electron chi connectivity index (χ0n) is 9.61. The van der Waals surface area contributed by atoms with Gasteiger partial charge in [0.2, 0.25) is 5.88 Å². The van der Waals surface area contributed by atoms with Gasteiger partial charge in [0.15, 0.2) is 0 Å². The highest BCUT2D eigenvalue weighted by Crippen LogP contribution is 2.38. The lowest BCUT2D eigenvalue weighted by atomic mass is 10.4. The maximum Gasteiger partial charge on any atom is 0.217 e. The summed E-state index contributed by atoms with van der Waals surface area (Å²) in [5, 5.41) is 0. The first-order chi connectivity index (χ1) is 7.65. The van der Waals surface area contributed by atoms with Gasteiger partial charge in [-0.05, 0) is 42.9 Å². The Labute approximate surface area is 104 Å². The first-order valence-corrected chi connectivity index (χ1v) is 6.26. The summed E-state index contributed by atoms with van der Waals surface area (Å²) in [7, 11) is 4.05. The molecule has 0 saturated heterocycles. The standard InChI is InChI=1S/C11H16BrN3O/c1-15(2)5-6-16-10-7-9(12)13-11(14-10)8-3-4-8/h7-8H,3-6H2,1-2H3. The lowest BCUT2D eigenvalue weighted by molar-refractivity contribution is 0.252. The highest BCUT2D eigenvalue weighted by molar-refractivity contribution is 9.10. The molecule has 88 valence electrons. The van der Waals surface area contributed by atoms with Gasteiger partial charge in [0.25, 0.3) is 0 Å². The maximum absolute atomic E-state index is 5.59. The van der Waals surface area contributed by atoms with Crippen molar-refractivity contribution in [3.8, 4) is 5.88 Å². The van der Waals surface area contributed by atoms with Gasteiger partial charge in [-0.1, -0.05) is 0 Å². The Morgan fingerprint density at radius 3 is 2.81 bits per heavy atom. The third kappa shape index (κ3) is 3.42. The summed E-state index contributed by atoms with van der Waals surface area (Å²) in [6.45, 7) is 1.54. The summed E-state index contributed by atoms with van der Waals surface area (Å²) in [5.41, 5.74) is 0. The van der Waals surface area contributed by atoms with Crippen LogP contribution in [0.5, 0.6) is 5.88 Å². The summed E-state index contributed by atoms with van der Waals surface area (Å²) in [4.78, 5) is 10.8. The van der Waals surface area contributed by atoms with Crippen LogP contribution in [0, 0.1) is 0 Å². The molecule has 0 radical (unpaired) electrons. The largest absolute Gasteiger partial charge is 0.476 e. The quantitative estimate of drug-likeness (QED) is 0.777. The van der Waals surface area contributed by atoms with E-state index >= 15 is 0 Å². The second-order valence-electron chi connectivity index (χ2n) is 4.31. The minimum Gasteiger partial charge on any atom is -0.476 e. The van der Waals surface area contributed by atoms with Crippen molar-refractivity contribution in [2.75, 3.05) is 27.2 Å². The van der Waals surface area contributed by atoms with Crippen LogP contribution < -0.4 is 4.74 Å². The molecule has 1 aromatic rings. The zero-order valence-corrected chi connectivity index (χ0v) is 11.2. The van der Waals surface area contributed by atoms with Gasteiger partial charge in [-0.3, -0.25) is 0 Å². The molecule has 0 aliphatic heterocycles. The highest BCUT2D eigenvalue weighted by atomic mass is 79.9. The third-order valence-corrected chi connectivity index (χ3v) is 2.83. The van der Waals surface area contributed by atoms with Gasteiger partial charge in [-0.2, -0.15) is 4.98 Å². The van der Waals surface area contributed by atoms with Crippen LogP contribution in [-0.2, 0) is 0 Å². The van der Waals surface area contributed by atoms with Gasteiger partial charge in [0.1, 0.15) is 17.0 Å². The number of aromatic nitrogens is 2. The van der Waals surface area contributed by atoms with Crippen LogP contribution in [0.3, 0.4) is 0 Å². The molecule has 5 heteroatoms. The summed E-state index contributed by atoms with van der Waals surface area (Å²) in [6.07, 6.45) is 2.40. The first-order valence-electron chi connectivity index (χ1n) is 5.47. The molecular formula is C11H16BrN3O. The lowest BCUT2D eigenvalue weighted by Crippen LogP contribution is -2.19. The number of ether oxygens (including phenoxy) is 1. The number of hydrogen-bond donors (Lipinski definition) is 0. The average Bonchev–Trinajstić information content (AvgIpc) is 2.99. The van der Waals surface area contributed by atoms with Crippen molar-refractivity contribution in [1.29, 1.82) is 0 Å². The minimum atomic E-state index is 0.550. The predicted octanol–water partition coefficient (Wildman–Crippen LogP) is 2.06. The molecule has 0 aromatic carbocycles. The second-order valence-corrected chi connectivity index (χ2v) is 5.13. The number of nitrogens with zero attached hydrogens (tertiary/aromatic N) is 3. The topological polar surface area (TPSA) is 38.2 Å². The number of rotatable bonds is 5. The molecule has 4 nitrogen and oxygen atoms in total. The molecular weight excluding hydrogens is 270 g/mol. The number of halogens is 1. The fourth-order valence-corrected chi connectivity index (χ4v) is 1.72. The van der Waals surface area contributed by atoms with Gasteiger partial charge >= 0.3 is 0 Å². The Balaban J connectivity index is 1.97. The molecule has 0 bridgehead atoms. The van der Waals surface area contributed by atoms with E-state index in [0.717, 1.165) is 17.0 Å². The molecule has 0 atom stereocenters. The van der Waals surface area contributed by atoms with Gasteiger partial charge < -0.3 is 9.64 Å². The van der Waals surface area contributed by atoms with Crippen molar-refractivity contribution in [1.82, 2.24) is 14.9 Å². The van der Waals surface area contributed by atoms with Crippen LogP contribution in [0.15, 0.2) is 10.7 Å². The van der Waals surface area contributed by atoms with E-state index in [1.807, 2.05) is 20.2 Å². The number of hydrogen-bond acceptors (Lipinski definition) is 4. The molecule has 0 spiro atoms. The van der Waals surface area contributed by atoms with Crippen molar-refractivity contribution in [2.45, 2.75) is 18.8 Å². The van der Waals surface area contributed by atoms with Crippen molar-refractivity contribution in [3.63, 3.8) is 0 Å². The third-order valence-electron chi connectivity index (χ3n) is 2.42. The van der Waals surface area contributed by atoms with E-state index in [2.05, 4.69) is 30.8 Å². The van der Waals surface area contributed by atoms with Crippen molar-refractivity contribution in [2.24, 2.45) is 0 Å². The van der Waals surface area contributed by atoms with E-state index in [9.17, 15) is 0 Å². The molecule has 0 N–H and O–H groups in total. The predicted molar refractivity (Wildman–Crippen MR) is 65.8 cm³/mol. The molecule has 16 heavy (non-hydrogen) atoms. The Hall–Kier alpha value is -0.680. The smallest absolute Gasteiger partial charge is 0.217 e. The molecule has 1 heterocycles. The molecule has 0 amide bonds. The first kappa shape index (κ1) is 11.8. The zero-order chi connectivity index (χ0) is 11.5. The second kappa shape index (κ2) is 5.10. The van der Waals surface area contributed by atoms with Gasteiger partial charge in [-0.15, -0.1) is 0 Å². The Morgan fingerprint density at radius 1 is 1.44 bits per heavy atom. The normalized spacial score (nSPS) is 15.5. The van der Waals surface area contributed by atoms with E-state index in [-0.39, 0.29) is 0 Å². The Bertz CT molecular complexity index is 366. The van der Waals surface area contributed by atoms with Crippen molar-refractivity contribution >= 4 is 15.9 Å². The summed E-state index contributed by atoms with van der Waals surface area (Å²) >= 11 is 3.39. The molecule has 1 saturated carbocycles. The fourth-order valence-electron chi connectivity index (χ4n) is 1.34. The van der Waals surface area contributed by atoms with Gasteiger partial charge in [-0.25, -0.2) is 4.98 Å². The molecule has 1 aliphatic carbocycles. The van der Waals surface area contributed by atoms with E-state index in [1.165, 1.54) is 12.8 Å². The molecule has 1 aliphatic rings. The van der Waals surface area contributed by atoms with E-state index in [4.69, 9.17) is 4.74 Å². The van der Waals surface area contributed by atoms with E-state index in [1.54, 1.807) is 0 Å². The van der Waals surface area contributed by atoms with Crippen LogP contribution in [-0.4, -0.2) is 42.1 Å². The SMILES string of the molecule is CN(C)CCOc1cc(Br)nc(C2CC2)n1. The van der Waals surface area contributed by atoms with Crippen molar-refractivity contribution in [3.05, 3.63) is 16.5 Å². The molecule has 2 rings (SSSR count). The summed E-state index contributed by atoms with van der Waals surface area (Å²) in [5.74, 6) is 2.13. The Morgan fingerprint density at radius 2 is 2.19 bits per heavy atom. The Kier molecular flexibility index (Phi) is 3.76.